The van der Waals surface area contributed by atoms with Crippen LogP contribution in [0, 0.1) is 23.1 Å². The minimum Gasteiger partial charge on any atom is -0.313 e. The molecule has 1 aliphatic heterocycles. The Morgan fingerprint density at radius 2 is 2.15 bits per heavy atom. The molecule has 2 rings (SSSR count). The first kappa shape index (κ1) is 15.0. The summed E-state index contributed by atoms with van der Waals surface area (Å²) in [7, 11) is 2.18. The number of likely N-dealkylation sites (tertiary alicyclic amines) is 1. The molecule has 0 atom stereocenters. The Hall–Kier alpha value is -1.44. The Labute approximate surface area is 120 Å². The van der Waals surface area contributed by atoms with Crippen molar-refractivity contribution in [3.05, 3.63) is 35.1 Å². The Kier molecular flexibility index (Phi) is 5.51. The maximum Gasteiger partial charge on any atom is 0.140 e. The summed E-state index contributed by atoms with van der Waals surface area (Å²) in [5.74, 6) is 0.379. The number of hydrogen-bond acceptors (Lipinski definition) is 3. The van der Waals surface area contributed by atoms with Gasteiger partial charge in [0.2, 0.25) is 0 Å². The van der Waals surface area contributed by atoms with Crippen LogP contribution in [0.15, 0.2) is 18.2 Å². The third-order valence-electron chi connectivity index (χ3n) is 4.05. The third kappa shape index (κ3) is 4.29. The highest BCUT2D eigenvalue weighted by molar-refractivity contribution is 5.34. The molecule has 4 heteroatoms. The van der Waals surface area contributed by atoms with E-state index in [1.807, 2.05) is 6.07 Å². The number of benzene rings is 1. The maximum absolute atomic E-state index is 13.2. The van der Waals surface area contributed by atoms with Gasteiger partial charge in [-0.2, -0.15) is 5.26 Å². The summed E-state index contributed by atoms with van der Waals surface area (Å²) < 4.78 is 13.2. The quantitative estimate of drug-likeness (QED) is 0.839. The largest absolute Gasteiger partial charge is 0.313 e. The Morgan fingerprint density at radius 1 is 1.40 bits per heavy atom. The van der Waals surface area contributed by atoms with Crippen LogP contribution < -0.4 is 5.32 Å². The summed E-state index contributed by atoms with van der Waals surface area (Å²) >= 11 is 0. The van der Waals surface area contributed by atoms with E-state index in [4.69, 9.17) is 5.26 Å². The first-order valence-electron chi connectivity index (χ1n) is 7.27. The molecule has 1 aromatic rings. The van der Waals surface area contributed by atoms with E-state index >= 15 is 0 Å². The van der Waals surface area contributed by atoms with Crippen molar-refractivity contribution in [2.24, 2.45) is 5.92 Å². The Bertz CT molecular complexity index is 473. The first-order chi connectivity index (χ1) is 9.69. The van der Waals surface area contributed by atoms with Gasteiger partial charge in [-0.25, -0.2) is 4.39 Å². The van der Waals surface area contributed by atoms with Gasteiger partial charge in [0.05, 0.1) is 5.56 Å². The second kappa shape index (κ2) is 7.37. The van der Waals surface area contributed by atoms with Crippen LogP contribution in [0.2, 0.25) is 0 Å². The van der Waals surface area contributed by atoms with Crippen molar-refractivity contribution in [2.75, 3.05) is 26.7 Å². The molecule has 3 nitrogen and oxygen atoms in total. The normalized spacial score (nSPS) is 17.1. The van der Waals surface area contributed by atoms with Gasteiger partial charge in [0, 0.05) is 6.54 Å². The van der Waals surface area contributed by atoms with E-state index in [1.54, 1.807) is 12.1 Å². The summed E-state index contributed by atoms with van der Waals surface area (Å²) in [5.41, 5.74) is 1.09. The maximum atomic E-state index is 13.2. The minimum absolute atomic E-state index is 0.125. The molecule has 1 aliphatic rings. The Morgan fingerprint density at radius 3 is 2.85 bits per heavy atom. The van der Waals surface area contributed by atoms with E-state index < -0.39 is 5.82 Å². The molecule has 1 aromatic carbocycles. The average molecular weight is 275 g/mol. The van der Waals surface area contributed by atoms with Crippen molar-refractivity contribution in [1.29, 1.82) is 5.26 Å². The van der Waals surface area contributed by atoms with Crippen molar-refractivity contribution < 1.29 is 4.39 Å². The highest BCUT2D eigenvalue weighted by atomic mass is 19.1. The number of nitrogens with one attached hydrogen (secondary N) is 1. The molecule has 1 saturated heterocycles. The molecule has 20 heavy (non-hydrogen) atoms. The van der Waals surface area contributed by atoms with E-state index in [-0.39, 0.29) is 5.56 Å². The van der Waals surface area contributed by atoms with Crippen LogP contribution in [0.4, 0.5) is 4.39 Å². The standard InChI is InChI=1S/C16H22FN3/c1-20-8-5-13(6-9-20)4-7-19-12-14-2-3-16(17)15(10-14)11-18/h2-3,10,13,19H,4-9,12H2,1H3. The van der Waals surface area contributed by atoms with Gasteiger partial charge in [-0.15, -0.1) is 0 Å². The zero-order valence-corrected chi connectivity index (χ0v) is 12.0. The van der Waals surface area contributed by atoms with E-state index in [2.05, 4.69) is 17.3 Å². The second-order valence-electron chi connectivity index (χ2n) is 5.64. The lowest BCUT2D eigenvalue weighted by Crippen LogP contribution is -2.31. The number of halogens is 1. The molecule has 0 amide bonds. The van der Waals surface area contributed by atoms with Gasteiger partial charge in [0.25, 0.3) is 0 Å². The van der Waals surface area contributed by atoms with Gasteiger partial charge in [-0.3, -0.25) is 0 Å². The lowest BCUT2D eigenvalue weighted by Gasteiger charge is -2.28. The smallest absolute Gasteiger partial charge is 0.140 e. The molecule has 0 aromatic heterocycles. The summed E-state index contributed by atoms with van der Waals surface area (Å²) in [6.07, 6.45) is 3.76. The number of piperidine rings is 1. The van der Waals surface area contributed by atoms with Gasteiger partial charge in [0.1, 0.15) is 11.9 Å². The predicted octanol–water partition coefficient (Wildman–Crippen LogP) is 2.52. The molecular weight excluding hydrogens is 253 g/mol. The minimum atomic E-state index is -0.442. The molecule has 0 unspecified atom stereocenters. The number of nitrogens with zero attached hydrogens (tertiary/aromatic N) is 2. The molecule has 0 radical (unpaired) electrons. The van der Waals surface area contributed by atoms with Gasteiger partial charge in [-0.05, 0) is 69.6 Å². The zero-order valence-electron chi connectivity index (χ0n) is 12.0. The van der Waals surface area contributed by atoms with Crippen LogP contribution in [0.1, 0.15) is 30.4 Å². The fraction of sp³-hybridized carbons (Fsp3) is 0.562. The molecule has 108 valence electrons. The highest BCUT2D eigenvalue weighted by Gasteiger charge is 2.15. The monoisotopic (exact) mass is 275 g/mol. The Balaban J connectivity index is 1.70. The predicted molar refractivity (Wildman–Crippen MR) is 77.7 cm³/mol. The number of nitriles is 1. The molecule has 0 aliphatic carbocycles. The lowest BCUT2D eigenvalue weighted by atomic mass is 9.94. The van der Waals surface area contributed by atoms with E-state index in [0.717, 1.165) is 18.0 Å². The first-order valence-corrected chi connectivity index (χ1v) is 7.27. The summed E-state index contributed by atoms with van der Waals surface area (Å²) in [5, 5.41) is 12.2. The molecular formula is C16H22FN3. The summed E-state index contributed by atoms with van der Waals surface area (Å²) in [6, 6.07) is 6.60. The summed E-state index contributed by atoms with van der Waals surface area (Å²) in [6.45, 7) is 4.08. The van der Waals surface area contributed by atoms with Gasteiger partial charge < -0.3 is 10.2 Å². The average Bonchev–Trinajstić information content (AvgIpc) is 2.47. The lowest BCUT2D eigenvalue weighted by molar-refractivity contribution is 0.211. The van der Waals surface area contributed by atoms with Crippen LogP contribution >= 0.6 is 0 Å². The molecule has 1 heterocycles. The van der Waals surface area contributed by atoms with Crippen molar-refractivity contribution in [3.63, 3.8) is 0 Å². The van der Waals surface area contributed by atoms with Crippen LogP contribution in [0.3, 0.4) is 0 Å². The molecule has 0 bridgehead atoms. The number of hydrogen-bond donors (Lipinski definition) is 1. The van der Waals surface area contributed by atoms with Gasteiger partial charge >= 0.3 is 0 Å². The summed E-state index contributed by atoms with van der Waals surface area (Å²) in [4.78, 5) is 2.38. The van der Waals surface area contributed by atoms with Gasteiger partial charge in [0.15, 0.2) is 0 Å². The third-order valence-corrected chi connectivity index (χ3v) is 4.05. The van der Waals surface area contributed by atoms with Crippen molar-refractivity contribution in [3.8, 4) is 6.07 Å². The fourth-order valence-corrected chi connectivity index (χ4v) is 2.66. The topological polar surface area (TPSA) is 39.1 Å². The van der Waals surface area contributed by atoms with E-state index in [0.29, 0.717) is 6.54 Å². The van der Waals surface area contributed by atoms with Crippen molar-refractivity contribution in [2.45, 2.75) is 25.8 Å². The van der Waals surface area contributed by atoms with Crippen LogP contribution in [0.5, 0.6) is 0 Å². The molecule has 1 N–H and O–H groups in total. The molecule has 1 fully saturated rings. The van der Waals surface area contributed by atoms with Crippen LogP contribution in [0.25, 0.3) is 0 Å². The van der Waals surface area contributed by atoms with E-state index in [9.17, 15) is 4.39 Å². The number of rotatable bonds is 5. The molecule has 0 spiro atoms. The highest BCUT2D eigenvalue weighted by Crippen LogP contribution is 2.18. The van der Waals surface area contributed by atoms with Gasteiger partial charge in [-0.1, -0.05) is 6.07 Å². The van der Waals surface area contributed by atoms with Crippen LogP contribution in [-0.4, -0.2) is 31.6 Å². The van der Waals surface area contributed by atoms with Crippen molar-refractivity contribution >= 4 is 0 Å². The fourth-order valence-electron chi connectivity index (χ4n) is 2.66. The van der Waals surface area contributed by atoms with Crippen LogP contribution in [-0.2, 0) is 6.54 Å². The van der Waals surface area contributed by atoms with E-state index in [1.165, 1.54) is 38.4 Å². The van der Waals surface area contributed by atoms with Crippen molar-refractivity contribution in [1.82, 2.24) is 10.2 Å². The second-order valence-corrected chi connectivity index (χ2v) is 5.64. The zero-order chi connectivity index (χ0) is 14.4. The molecule has 0 saturated carbocycles. The SMILES string of the molecule is CN1CCC(CCNCc2ccc(F)c(C#N)c2)CC1.